The zero-order valence-electron chi connectivity index (χ0n) is 10.8. The first kappa shape index (κ1) is 12.2. The smallest absolute Gasteiger partial charge is 0.0623 e. The highest BCUT2D eigenvalue weighted by atomic mass is 16.5. The molecule has 1 aromatic rings. The molecule has 98 valence electrons. The fraction of sp³-hybridized carbons (Fsp3) is 0.600. The lowest BCUT2D eigenvalue weighted by Crippen LogP contribution is -2.42. The van der Waals surface area contributed by atoms with Gasteiger partial charge in [0.2, 0.25) is 0 Å². The van der Waals surface area contributed by atoms with Gasteiger partial charge in [0.25, 0.3) is 0 Å². The molecule has 0 aliphatic carbocycles. The van der Waals surface area contributed by atoms with E-state index >= 15 is 0 Å². The highest BCUT2D eigenvalue weighted by Gasteiger charge is 2.17. The van der Waals surface area contributed by atoms with Crippen LogP contribution >= 0.6 is 0 Å². The molecule has 2 fully saturated rings. The monoisotopic (exact) mass is 246 g/mol. The van der Waals surface area contributed by atoms with Gasteiger partial charge < -0.3 is 15.4 Å². The lowest BCUT2D eigenvalue weighted by Gasteiger charge is -2.24. The maximum Gasteiger partial charge on any atom is 0.0623 e. The van der Waals surface area contributed by atoms with Gasteiger partial charge in [-0.05, 0) is 36.4 Å². The maximum atomic E-state index is 5.49. The zero-order valence-corrected chi connectivity index (χ0v) is 10.8. The molecule has 18 heavy (non-hydrogen) atoms. The molecule has 0 aromatic heterocycles. The molecule has 0 spiro atoms. The lowest BCUT2D eigenvalue weighted by molar-refractivity contribution is 0.0770. The molecule has 2 aliphatic heterocycles. The SMILES string of the molecule is c1cc(C2CCNC2)ccc1CC1COCCN1. The Morgan fingerprint density at radius 3 is 2.72 bits per heavy atom. The van der Waals surface area contributed by atoms with Crippen molar-refractivity contribution in [1.29, 1.82) is 0 Å². The van der Waals surface area contributed by atoms with Crippen LogP contribution < -0.4 is 10.6 Å². The fourth-order valence-electron chi connectivity index (χ4n) is 2.90. The zero-order chi connectivity index (χ0) is 12.2. The average Bonchev–Trinajstić information content (AvgIpc) is 2.95. The van der Waals surface area contributed by atoms with Crippen LogP contribution in [-0.4, -0.2) is 38.9 Å². The Morgan fingerprint density at radius 1 is 1.17 bits per heavy atom. The first-order valence-electron chi connectivity index (χ1n) is 7.02. The van der Waals surface area contributed by atoms with E-state index in [0.29, 0.717) is 6.04 Å². The van der Waals surface area contributed by atoms with Gasteiger partial charge in [-0.25, -0.2) is 0 Å². The Hall–Kier alpha value is -0.900. The summed E-state index contributed by atoms with van der Waals surface area (Å²) in [6.07, 6.45) is 2.35. The first-order chi connectivity index (χ1) is 8.92. The molecule has 2 unspecified atom stereocenters. The van der Waals surface area contributed by atoms with E-state index in [0.717, 1.165) is 45.2 Å². The van der Waals surface area contributed by atoms with E-state index < -0.39 is 0 Å². The summed E-state index contributed by atoms with van der Waals surface area (Å²) in [6, 6.07) is 9.65. The van der Waals surface area contributed by atoms with Gasteiger partial charge >= 0.3 is 0 Å². The standard InChI is InChI=1S/C15H22N2O/c1-3-13(14-5-6-16-10-14)4-2-12(1)9-15-11-18-8-7-17-15/h1-4,14-17H,5-11H2. The molecular formula is C15H22N2O. The predicted molar refractivity (Wildman–Crippen MR) is 73.0 cm³/mol. The summed E-state index contributed by atoms with van der Waals surface area (Å²) in [5, 5.41) is 6.93. The van der Waals surface area contributed by atoms with E-state index in [1.54, 1.807) is 0 Å². The highest BCUT2D eigenvalue weighted by Crippen LogP contribution is 2.22. The highest BCUT2D eigenvalue weighted by molar-refractivity contribution is 5.27. The average molecular weight is 246 g/mol. The Morgan fingerprint density at radius 2 is 2.06 bits per heavy atom. The van der Waals surface area contributed by atoms with Gasteiger partial charge in [-0.1, -0.05) is 24.3 Å². The van der Waals surface area contributed by atoms with Crippen LogP contribution in [0.3, 0.4) is 0 Å². The summed E-state index contributed by atoms with van der Waals surface area (Å²) in [6.45, 7) is 4.97. The second-order valence-electron chi connectivity index (χ2n) is 5.36. The van der Waals surface area contributed by atoms with Crippen LogP contribution in [0.15, 0.2) is 24.3 Å². The Kier molecular flexibility index (Phi) is 3.93. The minimum absolute atomic E-state index is 0.484. The van der Waals surface area contributed by atoms with Crippen molar-refractivity contribution in [2.24, 2.45) is 0 Å². The number of hydrogen-bond acceptors (Lipinski definition) is 3. The number of benzene rings is 1. The van der Waals surface area contributed by atoms with Crippen molar-refractivity contribution >= 4 is 0 Å². The first-order valence-corrected chi connectivity index (χ1v) is 7.02. The van der Waals surface area contributed by atoms with Gasteiger partial charge in [0, 0.05) is 19.1 Å². The number of nitrogens with one attached hydrogen (secondary N) is 2. The largest absolute Gasteiger partial charge is 0.379 e. The van der Waals surface area contributed by atoms with Crippen molar-refractivity contribution in [2.75, 3.05) is 32.8 Å². The maximum absolute atomic E-state index is 5.49. The summed E-state index contributed by atoms with van der Waals surface area (Å²) < 4.78 is 5.49. The van der Waals surface area contributed by atoms with Crippen LogP contribution in [0.25, 0.3) is 0 Å². The molecule has 2 atom stereocenters. The summed E-state index contributed by atoms with van der Waals surface area (Å²) in [4.78, 5) is 0. The molecule has 1 aromatic carbocycles. The molecule has 2 saturated heterocycles. The third-order valence-corrected chi connectivity index (χ3v) is 3.99. The van der Waals surface area contributed by atoms with E-state index in [1.807, 2.05) is 0 Å². The van der Waals surface area contributed by atoms with Crippen molar-refractivity contribution in [3.8, 4) is 0 Å². The van der Waals surface area contributed by atoms with E-state index in [2.05, 4.69) is 34.9 Å². The van der Waals surface area contributed by atoms with Crippen LogP contribution in [0.4, 0.5) is 0 Å². The van der Waals surface area contributed by atoms with Crippen molar-refractivity contribution in [3.63, 3.8) is 0 Å². The van der Waals surface area contributed by atoms with E-state index in [1.165, 1.54) is 17.5 Å². The lowest BCUT2D eigenvalue weighted by atomic mass is 9.96. The second kappa shape index (κ2) is 5.83. The third-order valence-electron chi connectivity index (χ3n) is 3.99. The summed E-state index contributed by atoms with van der Waals surface area (Å²) in [5.74, 6) is 0.718. The molecule has 0 radical (unpaired) electrons. The Labute approximate surface area is 109 Å². The Bertz CT molecular complexity index is 365. The Balaban J connectivity index is 1.59. The minimum atomic E-state index is 0.484. The predicted octanol–water partition coefficient (Wildman–Crippen LogP) is 1.29. The quantitative estimate of drug-likeness (QED) is 0.843. The van der Waals surface area contributed by atoms with Crippen LogP contribution in [0, 0.1) is 0 Å². The fourth-order valence-corrected chi connectivity index (χ4v) is 2.90. The molecule has 0 amide bonds. The number of hydrogen-bond donors (Lipinski definition) is 2. The van der Waals surface area contributed by atoms with E-state index in [9.17, 15) is 0 Å². The van der Waals surface area contributed by atoms with Gasteiger partial charge in [-0.3, -0.25) is 0 Å². The van der Waals surface area contributed by atoms with E-state index in [-0.39, 0.29) is 0 Å². The molecule has 2 N–H and O–H groups in total. The van der Waals surface area contributed by atoms with Crippen molar-refractivity contribution in [2.45, 2.75) is 24.8 Å². The van der Waals surface area contributed by atoms with Crippen molar-refractivity contribution in [3.05, 3.63) is 35.4 Å². The molecular weight excluding hydrogens is 224 g/mol. The van der Waals surface area contributed by atoms with E-state index in [4.69, 9.17) is 4.74 Å². The number of ether oxygens (including phenoxy) is 1. The second-order valence-corrected chi connectivity index (χ2v) is 5.36. The van der Waals surface area contributed by atoms with Gasteiger partial charge in [0.1, 0.15) is 0 Å². The normalized spacial score (nSPS) is 28.4. The summed E-state index contributed by atoms with van der Waals surface area (Å²) >= 11 is 0. The van der Waals surface area contributed by atoms with Gasteiger partial charge in [-0.15, -0.1) is 0 Å². The van der Waals surface area contributed by atoms with Crippen LogP contribution in [-0.2, 0) is 11.2 Å². The molecule has 3 rings (SSSR count). The van der Waals surface area contributed by atoms with Crippen LogP contribution in [0.1, 0.15) is 23.5 Å². The topological polar surface area (TPSA) is 33.3 Å². The van der Waals surface area contributed by atoms with Gasteiger partial charge in [0.05, 0.1) is 13.2 Å². The molecule has 0 bridgehead atoms. The summed E-state index contributed by atoms with van der Waals surface area (Å²) in [7, 11) is 0. The molecule has 3 nitrogen and oxygen atoms in total. The van der Waals surface area contributed by atoms with Gasteiger partial charge in [-0.2, -0.15) is 0 Å². The van der Waals surface area contributed by atoms with Crippen molar-refractivity contribution < 1.29 is 4.74 Å². The minimum Gasteiger partial charge on any atom is -0.379 e. The van der Waals surface area contributed by atoms with Gasteiger partial charge in [0.15, 0.2) is 0 Å². The number of morpholine rings is 1. The third kappa shape index (κ3) is 2.91. The van der Waals surface area contributed by atoms with Crippen molar-refractivity contribution in [1.82, 2.24) is 10.6 Å². The summed E-state index contributed by atoms with van der Waals surface area (Å²) in [5.41, 5.74) is 2.89. The molecule has 0 saturated carbocycles. The van der Waals surface area contributed by atoms with Crippen LogP contribution in [0.5, 0.6) is 0 Å². The van der Waals surface area contributed by atoms with Crippen LogP contribution in [0.2, 0.25) is 0 Å². The molecule has 2 heterocycles. The number of rotatable bonds is 3. The molecule has 3 heteroatoms. The molecule has 2 aliphatic rings.